The van der Waals surface area contributed by atoms with Gasteiger partial charge >= 0.3 is 0 Å². The van der Waals surface area contributed by atoms with Crippen molar-refractivity contribution in [1.82, 2.24) is 5.32 Å². The second-order valence-corrected chi connectivity index (χ2v) is 6.01. The predicted molar refractivity (Wildman–Crippen MR) is 58.9 cm³/mol. The summed E-state index contributed by atoms with van der Waals surface area (Å²) < 4.78 is 22.3. The van der Waals surface area contributed by atoms with Crippen molar-refractivity contribution in [2.45, 2.75) is 25.8 Å². The minimum absolute atomic E-state index is 0.0299. The fourth-order valence-electron chi connectivity index (χ4n) is 1.43. The molecule has 1 fully saturated rings. The van der Waals surface area contributed by atoms with E-state index < -0.39 is 9.84 Å². The summed E-state index contributed by atoms with van der Waals surface area (Å²) in [5, 5.41) is 2.77. The molecule has 6 heteroatoms. The van der Waals surface area contributed by atoms with Gasteiger partial charge in [-0.25, -0.2) is 8.42 Å². The number of nitrogens with zero attached hydrogens (tertiary/aromatic N) is 1. The molecule has 0 spiro atoms. The third-order valence-corrected chi connectivity index (χ3v) is 4.27. The first-order chi connectivity index (χ1) is 6.94. The van der Waals surface area contributed by atoms with Gasteiger partial charge in [-0.1, -0.05) is 0 Å². The first kappa shape index (κ1) is 12.2. The smallest absolute Gasteiger partial charge is 0.265 e. The SMILES string of the molecule is CN=C(C)C(=O)NC1CCS(=O)(=O)CC1. The van der Waals surface area contributed by atoms with Crippen molar-refractivity contribution < 1.29 is 13.2 Å². The summed E-state index contributed by atoms with van der Waals surface area (Å²) in [6.07, 6.45) is 1.01. The Balaban J connectivity index is 2.46. The molecule has 0 bridgehead atoms. The third kappa shape index (κ3) is 3.62. The summed E-state index contributed by atoms with van der Waals surface area (Å²) >= 11 is 0. The van der Waals surface area contributed by atoms with Gasteiger partial charge in [0, 0.05) is 13.1 Å². The van der Waals surface area contributed by atoms with E-state index in [1.54, 1.807) is 14.0 Å². The fourth-order valence-corrected chi connectivity index (χ4v) is 2.92. The minimum Gasteiger partial charge on any atom is -0.348 e. The quantitative estimate of drug-likeness (QED) is 0.668. The molecule has 0 atom stereocenters. The van der Waals surface area contributed by atoms with Gasteiger partial charge in [0.05, 0.1) is 17.2 Å². The molecule has 0 unspecified atom stereocenters. The number of rotatable bonds is 2. The maximum absolute atomic E-state index is 11.4. The van der Waals surface area contributed by atoms with Crippen LogP contribution in [0.3, 0.4) is 0 Å². The van der Waals surface area contributed by atoms with Crippen molar-refractivity contribution in [2.24, 2.45) is 4.99 Å². The topological polar surface area (TPSA) is 75.6 Å². The fraction of sp³-hybridized carbons (Fsp3) is 0.778. The Morgan fingerprint density at radius 3 is 2.33 bits per heavy atom. The number of aliphatic imine (C=N–C) groups is 1. The van der Waals surface area contributed by atoms with E-state index in [4.69, 9.17) is 0 Å². The molecule has 1 N–H and O–H groups in total. The van der Waals surface area contributed by atoms with Gasteiger partial charge in [0.15, 0.2) is 0 Å². The van der Waals surface area contributed by atoms with Crippen LogP contribution < -0.4 is 5.32 Å². The predicted octanol–water partition coefficient (Wildman–Crippen LogP) is -0.230. The Bertz CT molecular complexity index is 359. The number of hydrogen-bond acceptors (Lipinski definition) is 4. The van der Waals surface area contributed by atoms with Crippen molar-refractivity contribution in [3.63, 3.8) is 0 Å². The lowest BCUT2D eigenvalue weighted by Crippen LogP contribution is -2.43. The van der Waals surface area contributed by atoms with E-state index in [1.165, 1.54) is 0 Å². The summed E-state index contributed by atoms with van der Waals surface area (Å²) in [6.45, 7) is 1.63. The van der Waals surface area contributed by atoms with Crippen molar-refractivity contribution in [3.05, 3.63) is 0 Å². The number of amides is 1. The Morgan fingerprint density at radius 1 is 1.33 bits per heavy atom. The lowest BCUT2D eigenvalue weighted by atomic mass is 10.1. The molecule has 0 aromatic carbocycles. The summed E-state index contributed by atoms with van der Waals surface area (Å²) in [5.41, 5.74) is 0.420. The molecule has 15 heavy (non-hydrogen) atoms. The second-order valence-electron chi connectivity index (χ2n) is 3.71. The lowest BCUT2D eigenvalue weighted by Gasteiger charge is -2.22. The number of hydrogen-bond donors (Lipinski definition) is 1. The van der Waals surface area contributed by atoms with Crippen molar-refractivity contribution in [2.75, 3.05) is 18.6 Å². The summed E-state index contributed by atoms with van der Waals surface area (Å²) in [5.74, 6) is 0.127. The summed E-state index contributed by atoms with van der Waals surface area (Å²) in [6, 6.07) is -0.0299. The van der Waals surface area contributed by atoms with Gasteiger partial charge in [0.2, 0.25) is 0 Å². The molecule has 0 radical (unpaired) electrons. The van der Waals surface area contributed by atoms with Gasteiger partial charge in [-0.2, -0.15) is 0 Å². The van der Waals surface area contributed by atoms with Crippen molar-refractivity contribution in [1.29, 1.82) is 0 Å². The Kier molecular flexibility index (Phi) is 3.84. The maximum atomic E-state index is 11.4. The van der Waals surface area contributed by atoms with Crippen LogP contribution in [-0.2, 0) is 14.6 Å². The standard InChI is InChI=1S/C9H16N2O3S/c1-7(10-2)9(12)11-8-3-5-15(13,14)6-4-8/h8H,3-6H2,1-2H3,(H,11,12). The third-order valence-electron chi connectivity index (χ3n) is 2.55. The van der Waals surface area contributed by atoms with Crippen LogP contribution in [0.15, 0.2) is 4.99 Å². The monoisotopic (exact) mass is 232 g/mol. The van der Waals surface area contributed by atoms with Crippen LogP contribution in [-0.4, -0.2) is 44.6 Å². The average molecular weight is 232 g/mol. The van der Waals surface area contributed by atoms with Crippen LogP contribution >= 0.6 is 0 Å². The molecule has 86 valence electrons. The molecule has 5 nitrogen and oxygen atoms in total. The molecule has 0 aromatic rings. The molecular formula is C9H16N2O3S. The van der Waals surface area contributed by atoms with Gasteiger partial charge in [-0.3, -0.25) is 9.79 Å². The van der Waals surface area contributed by atoms with E-state index in [0.717, 1.165) is 0 Å². The number of nitrogens with one attached hydrogen (secondary N) is 1. The Morgan fingerprint density at radius 2 is 1.87 bits per heavy atom. The Hall–Kier alpha value is -0.910. The molecule has 1 aliphatic heterocycles. The zero-order valence-corrected chi connectivity index (χ0v) is 9.80. The molecule has 1 saturated heterocycles. The van der Waals surface area contributed by atoms with E-state index >= 15 is 0 Å². The van der Waals surface area contributed by atoms with Crippen LogP contribution in [0.5, 0.6) is 0 Å². The van der Waals surface area contributed by atoms with Crippen LogP contribution in [0, 0.1) is 0 Å². The number of carbonyl (C=O) groups is 1. The largest absolute Gasteiger partial charge is 0.348 e. The first-order valence-corrected chi connectivity index (χ1v) is 6.71. The van der Waals surface area contributed by atoms with Crippen LogP contribution in [0.25, 0.3) is 0 Å². The molecule has 0 saturated carbocycles. The first-order valence-electron chi connectivity index (χ1n) is 4.89. The highest BCUT2D eigenvalue weighted by atomic mass is 32.2. The normalized spacial score (nSPS) is 22.4. The van der Waals surface area contributed by atoms with E-state index in [9.17, 15) is 13.2 Å². The van der Waals surface area contributed by atoms with Crippen molar-refractivity contribution >= 4 is 21.5 Å². The lowest BCUT2D eigenvalue weighted by molar-refractivity contribution is -0.115. The molecule has 1 aliphatic rings. The molecule has 1 amide bonds. The van der Waals surface area contributed by atoms with Crippen LogP contribution in [0.2, 0.25) is 0 Å². The van der Waals surface area contributed by atoms with Gasteiger partial charge < -0.3 is 5.32 Å². The van der Waals surface area contributed by atoms with Gasteiger partial charge in [-0.05, 0) is 19.8 Å². The highest BCUT2D eigenvalue weighted by molar-refractivity contribution is 7.91. The minimum atomic E-state index is -2.86. The van der Waals surface area contributed by atoms with E-state index in [-0.39, 0.29) is 23.5 Å². The van der Waals surface area contributed by atoms with Gasteiger partial charge in [-0.15, -0.1) is 0 Å². The van der Waals surface area contributed by atoms with Gasteiger partial charge in [0.25, 0.3) is 5.91 Å². The summed E-state index contributed by atoms with van der Waals surface area (Å²) in [7, 11) is -1.30. The van der Waals surface area contributed by atoms with E-state index in [0.29, 0.717) is 18.6 Å². The summed E-state index contributed by atoms with van der Waals surface area (Å²) in [4.78, 5) is 15.2. The highest BCUT2D eigenvalue weighted by Gasteiger charge is 2.24. The molecule has 1 heterocycles. The van der Waals surface area contributed by atoms with E-state index in [1.807, 2.05) is 0 Å². The highest BCUT2D eigenvalue weighted by Crippen LogP contribution is 2.11. The second kappa shape index (κ2) is 4.74. The Labute approximate surface area is 89.9 Å². The molecule has 0 aliphatic carbocycles. The van der Waals surface area contributed by atoms with Crippen molar-refractivity contribution in [3.8, 4) is 0 Å². The van der Waals surface area contributed by atoms with E-state index in [2.05, 4.69) is 10.3 Å². The zero-order chi connectivity index (χ0) is 11.5. The van der Waals surface area contributed by atoms with Crippen LogP contribution in [0.1, 0.15) is 19.8 Å². The molecular weight excluding hydrogens is 216 g/mol. The number of carbonyl (C=O) groups excluding carboxylic acids is 1. The molecule has 1 rings (SSSR count). The number of sulfone groups is 1. The average Bonchev–Trinajstić information content (AvgIpc) is 2.20. The zero-order valence-electron chi connectivity index (χ0n) is 8.99. The molecule has 0 aromatic heterocycles. The maximum Gasteiger partial charge on any atom is 0.265 e. The van der Waals surface area contributed by atoms with Crippen LogP contribution in [0.4, 0.5) is 0 Å². The van der Waals surface area contributed by atoms with Gasteiger partial charge in [0.1, 0.15) is 9.84 Å².